The zero-order chi connectivity index (χ0) is 24.2. The predicted octanol–water partition coefficient (Wildman–Crippen LogP) is 3.83. The maximum Gasteiger partial charge on any atom is 0.231 e. The van der Waals surface area contributed by atoms with E-state index in [9.17, 15) is 13.5 Å². The number of benzene rings is 2. The molecule has 2 aromatic carbocycles. The molecule has 0 spiro atoms. The molecule has 3 atom stereocenters. The van der Waals surface area contributed by atoms with Crippen LogP contribution in [-0.2, 0) is 16.3 Å². The Morgan fingerprint density at radius 2 is 2.03 bits per heavy atom. The predicted molar refractivity (Wildman–Crippen MR) is 126 cm³/mol. The average Bonchev–Trinajstić information content (AvgIpc) is 3.48. The summed E-state index contributed by atoms with van der Waals surface area (Å²) in [6.45, 7) is 1.20. The third-order valence-corrected chi connectivity index (χ3v) is 7.83. The van der Waals surface area contributed by atoms with Crippen LogP contribution < -0.4 is 4.74 Å². The van der Waals surface area contributed by atoms with Gasteiger partial charge in [0, 0.05) is 53.4 Å². The number of likely N-dealkylation sites (tertiary alicyclic amines) is 1. The minimum atomic E-state index is -3.60. The molecule has 0 amide bonds. The number of hydrogen-bond donors (Lipinski definition) is 1. The van der Waals surface area contributed by atoms with Crippen LogP contribution in [-0.4, -0.2) is 59.5 Å². The minimum Gasteiger partial charge on any atom is -0.481 e. The summed E-state index contributed by atoms with van der Waals surface area (Å²) in [5.41, 5.74) is 2.00. The number of β-amino-alcohol motifs (C(OH)–C–C–N with tert-alkyl or cyclic N) is 1. The van der Waals surface area contributed by atoms with Crippen molar-refractivity contribution in [2.45, 2.75) is 36.2 Å². The van der Waals surface area contributed by atoms with Crippen molar-refractivity contribution in [2.24, 2.45) is 0 Å². The Bertz CT molecular complexity index is 1360. The molecule has 11 heteroatoms. The normalized spacial score (nSPS) is 22.8. The van der Waals surface area contributed by atoms with E-state index >= 15 is 4.39 Å². The Morgan fingerprint density at radius 1 is 1.24 bits per heavy atom. The molecule has 1 aromatic heterocycles. The van der Waals surface area contributed by atoms with E-state index in [-0.39, 0.29) is 16.9 Å². The van der Waals surface area contributed by atoms with E-state index in [1.807, 2.05) is 0 Å². The van der Waals surface area contributed by atoms with Gasteiger partial charge in [-0.1, -0.05) is 23.2 Å². The fraction of sp³-hybridized carbons (Fsp3) is 0.348. The number of aliphatic hydroxyl groups is 1. The number of hydrogen-bond acceptors (Lipinski definition) is 6. The number of fused-ring (bicyclic) bond motifs is 1. The molecule has 180 valence electrons. The van der Waals surface area contributed by atoms with Crippen LogP contribution in [0.15, 0.2) is 47.9 Å². The van der Waals surface area contributed by atoms with E-state index in [0.29, 0.717) is 41.7 Å². The summed E-state index contributed by atoms with van der Waals surface area (Å²) >= 11 is 12.7. The van der Waals surface area contributed by atoms with Crippen molar-refractivity contribution in [2.75, 3.05) is 19.3 Å². The van der Waals surface area contributed by atoms with Gasteiger partial charge < -0.3 is 9.84 Å². The second-order valence-electron chi connectivity index (χ2n) is 8.67. The number of nitrogens with zero attached hydrogens (tertiary/aromatic N) is 3. The van der Waals surface area contributed by atoms with E-state index in [1.165, 1.54) is 29.1 Å². The zero-order valence-corrected chi connectivity index (χ0v) is 20.5. The monoisotopic (exact) mass is 525 g/mol. The number of ether oxygens (including phenoxy) is 1. The summed E-state index contributed by atoms with van der Waals surface area (Å²) in [7, 11) is -3.60. The lowest BCUT2D eigenvalue weighted by Crippen LogP contribution is -2.39. The quantitative estimate of drug-likeness (QED) is 0.544. The highest BCUT2D eigenvalue weighted by Gasteiger charge is 2.42. The third kappa shape index (κ3) is 4.31. The van der Waals surface area contributed by atoms with Gasteiger partial charge in [-0.2, -0.15) is 0 Å². The fourth-order valence-electron chi connectivity index (χ4n) is 4.78. The average molecular weight is 526 g/mol. The van der Waals surface area contributed by atoms with Crippen molar-refractivity contribution in [3.05, 3.63) is 69.7 Å². The Balaban J connectivity index is 1.49. The van der Waals surface area contributed by atoms with Crippen LogP contribution in [0, 0.1) is 5.82 Å². The van der Waals surface area contributed by atoms with E-state index in [1.54, 1.807) is 18.2 Å². The van der Waals surface area contributed by atoms with Gasteiger partial charge >= 0.3 is 0 Å². The second-order valence-corrected chi connectivity index (χ2v) is 11.4. The summed E-state index contributed by atoms with van der Waals surface area (Å²) in [5.74, 6) is -0.629. The van der Waals surface area contributed by atoms with Gasteiger partial charge in [-0.15, -0.1) is 0 Å². The Morgan fingerprint density at radius 3 is 2.71 bits per heavy atom. The molecule has 0 radical (unpaired) electrons. The van der Waals surface area contributed by atoms with Gasteiger partial charge in [0.05, 0.1) is 17.8 Å². The van der Waals surface area contributed by atoms with Gasteiger partial charge in [0.25, 0.3) is 0 Å². The van der Waals surface area contributed by atoms with Crippen molar-refractivity contribution < 1.29 is 22.7 Å². The number of rotatable bonds is 5. The first-order chi connectivity index (χ1) is 16.1. The molecule has 5 rings (SSSR count). The highest BCUT2D eigenvalue weighted by Crippen LogP contribution is 2.43. The molecular formula is C23H22Cl2FN3O4S. The maximum atomic E-state index is 15.2. The smallest absolute Gasteiger partial charge is 0.231 e. The third-order valence-electron chi connectivity index (χ3n) is 6.31. The molecule has 0 saturated carbocycles. The van der Waals surface area contributed by atoms with Crippen molar-refractivity contribution >= 4 is 33.0 Å². The molecule has 0 unspecified atom stereocenters. The van der Waals surface area contributed by atoms with Gasteiger partial charge in [-0.25, -0.2) is 17.8 Å². The standard InChI is InChI=1S/C23H22Cl2FN3O4S/c1-34(31,32)23-27-5-7-29(23)14-2-3-21(19(26)10-14)33-22-17-8-13(24)9-18(25)16(17)11-20(22)28-6-4-15(30)12-28/h2-3,5,7-10,15,20,22,30H,4,6,11-12H2,1H3/t15-,20+,22+/m1/s1. The topological polar surface area (TPSA) is 84.7 Å². The first kappa shape index (κ1) is 23.6. The molecule has 1 aliphatic carbocycles. The molecule has 1 N–H and O–H groups in total. The highest BCUT2D eigenvalue weighted by atomic mass is 35.5. The van der Waals surface area contributed by atoms with Crippen LogP contribution in [0.5, 0.6) is 5.75 Å². The molecular weight excluding hydrogens is 504 g/mol. The summed E-state index contributed by atoms with van der Waals surface area (Å²) in [6, 6.07) is 7.57. The van der Waals surface area contributed by atoms with Crippen molar-refractivity contribution in [3.8, 4) is 11.4 Å². The van der Waals surface area contributed by atoms with E-state index < -0.39 is 27.9 Å². The molecule has 34 heavy (non-hydrogen) atoms. The summed E-state index contributed by atoms with van der Waals surface area (Å²) in [5, 5.41) is 10.9. The van der Waals surface area contributed by atoms with Crippen LogP contribution in [0.4, 0.5) is 4.39 Å². The van der Waals surface area contributed by atoms with Gasteiger partial charge in [0.2, 0.25) is 15.0 Å². The van der Waals surface area contributed by atoms with E-state index in [2.05, 4.69) is 9.88 Å². The maximum absolute atomic E-state index is 15.2. The lowest BCUT2D eigenvalue weighted by molar-refractivity contribution is 0.0790. The van der Waals surface area contributed by atoms with Crippen LogP contribution in [0.3, 0.4) is 0 Å². The Labute approximate surface area is 206 Å². The number of sulfone groups is 1. The van der Waals surface area contributed by atoms with Gasteiger partial charge in [-0.05, 0) is 42.7 Å². The molecule has 2 aliphatic rings. The highest BCUT2D eigenvalue weighted by molar-refractivity contribution is 7.90. The number of aliphatic hydroxyl groups excluding tert-OH is 1. The van der Waals surface area contributed by atoms with Crippen LogP contribution >= 0.6 is 23.2 Å². The molecule has 1 saturated heterocycles. The lowest BCUT2D eigenvalue weighted by Gasteiger charge is -2.30. The van der Waals surface area contributed by atoms with E-state index in [0.717, 1.165) is 17.4 Å². The Kier molecular flexibility index (Phi) is 6.10. The SMILES string of the molecule is CS(=O)(=O)c1nccn1-c1ccc(O[C@H]2c3cc(Cl)cc(Cl)c3C[C@@H]2N2CC[C@@H](O)C2)c(F)c1. The first-order valence-electron chi connectivity index (χ1n) is 10.7. The Hall–Kier alpha value is -2.17. The molecule has 3 aromatic rings. The van der Waals surface area contributed by atoms with Crippen LogP contribution in [0.25, 0.3) is 5.69 Å². The zero-order valence-electron chi connectivity index (χ0n) is 18.2. The number of imidazole rings is 1. The van der Waals surface area contributed by atoms with Crippen molar-refractivity contribution in [1.29, 1.82) is 0 Å². The molecule has 2 heterocycles. The number of halogens is 3. The lowest BCUT2D eigenvalue weighted by atomic mass is 10.1. The van der Waals surface area contributed by atoms with E-state index in [4.69, 9.17) is 27.9 Å². The van der Waals surface area contributed by atoms with Gasteiger partial charge in [-0.3, -0.25) is 9.47 Å². The summed E-state index contributed by atoms with van der Waals surface area (Å²) in [4.78, 5) is 6.01. The molecule has 0 bridgehead atoms. The second kappa shape index (κ2) is 8.80. The van der Waals surface area contributed by atoms with Crippen molar-refractivity contribution in [1.82, 2.24) is 14.5 Å². The van der Waals surface area contributed by atoms with Crippen LogP contribution in [0.1, 0.15) is 23.7 Å². The van der Waals surface area contributed by atoms with Crippen LogP contribution in [0.2, 0.25) is 10.0 Å². The number of aromatic nitrogens is 2. The summed E-state index contributed by atoms with van der Waals surface area (Å²) < 4.78 is 46.7. The minimum absolute atomic E-state index is 0.0171. The largest absolute Gasteiger partial charge is 0.481 e. The first-order valence-corrected chi connectivity index (χ1v) is 13.4. The molecule has 1 aliphatic heterocycles. The van der Waals surface area contributed by atoms with Gasteiger partial charge in [0.1, 0.15) is 6.10 Å². The molecule has 1 fully saturated rings. The molecule has 7 nitrogen and oxygen atoms in total. The van der Waals surface area contributed by atoms with Crippen molar-refractivity contribution in [3.63, 3.8) is 0 Å². The fourth-order valence-corrected chi connectivity index (χ4v) is 6.14. The summed E-state index contributed by atoms with van der Waals surface area (Å²) in [6.07, 6.45) is 4.13. The van der Waals surface area contributed by atoms with Gasteiger partial charge in [0.15, 0.2) is 11.6 Å².